The number of nitrogen functional groups attached to an aromatic ring is 1. The molecule has 0 spiro atoms. The van der Waals surface area contributed by atoms with Crippen LogP contribution in [0.25, 0.3) is 0 Å². The van der Waals surface area contributed by atoms with Crippen molar-refractivity contribution in [3.63, 3.8) is 0 Å². The van der Waals surface area contributed by atoms with E-state index < -0.39 is 0 Å². The summed E-state index contributed by atoms with van der Waals surface area (Å²) in [6.07, 6.45) is 2.33. The van der Waals surface area contributed by atoms with Crippen molar-refractivity contribution in [1.29, 1.82) is 0 Å². The van der Waals surface area contributed by atoms with Gasteiger partial charge in [-0.1, -0.05) is 6.07 Å². The average molecular weight is 277 g/mol. The molecule has 1 saturated carbocycles. The van der Waals surface area contributed by atoms with Crippen molar-refractivity contribution in [3.8, 4) is 6.01 Å². The molecule has 2 aromatic heterocycles. The summed E-state index contributed by atoms with van der Waals surface area (Å²) in [7, 11) is 1.53. The molecule has 1 fully saturated rings. The monoisotopic (exact) mass is 277 g/mol. The summed E-state index contributed by atoms with van der Waals surface area (Å²) in [4.78, 5) is 15.9. The van der Waals surface area contributed by atoms with Gasteiger partial charge < -0.3 is 15.4 Å². The third kappa shape index (κ3) is 2.76. The molecule has 2 heterocycles. The molecule has 1 aliphatic rings. The van der Waals surface area contributed by atoms with Gasteiger partial charge in [-0.2, -0.15) is 15.0 Å². The number of thiophene rings is 1. The van der Waals surface area contributed by atoms with Crippen LogP contribution in [0.3, 0.4) is 0 Å². The fraction of sp³-hybridized carbons (Fsp3) is 0.417. The second kappa shape index (κ2) is 5.00. The Balaban J connectivity index is 1.89. The molecule has 2 aromatic rings. The number of methoxy groups -OCH3 is 1. The van der Waals surface area contributed by atoms with Gasteiger partial charge in [0.15, 0.2) is 0 Å². The van der Waals surface area contributed by atoms with Gasteiger partial charge in [0.2, 0.25) is 11.9 Å². The van der Waals surface area contributed by atoms with Crippen LogP contribution >= 0.6 is 11.3 Å². The smallest absolute Gasteiger partial charge is 0.322 e. The first-order chi connectivity index (χ1) is 9.26. The van der Waals surface area contributed by atoms with Gasteiger partial charge in [0, 0.05) is 10.9 Å². The van der Waals surface area contributed by atoms with Crippen LogP contribution in [0, 0.1) is 0 Å². The maximum absolute atomic E-state index is 5.70. The van der Waals surface area contributed by atoms with E-state index in [1.165, 1.54) is 24.8 Å². The van der Waals surface area contributed by atoms with Gasteiger partial charge in [-0.05, 0) is 24.3 Å². The van der Waals surface area contributed by atoms with Gasteiger partial charge >= 0.3 is 6.01 Å². The van der Waals surface area contributed by atoms with Crippen molar-refractivity contribution in [2.24, 2.45) is 0 Å². The molecule has 0 radical (unpaired) electrons. The Kier molecular flexibility index (Phi) is 3.20. The molecule has 3 rings (SSSR count). The summed E-state index contributed by atoms with van der Waals surface area (Å²) in [5.41, 5.74) is 5.70. The quantitative estimate of drug-likeness (QED) is 0.896. The van der Waals surface area contributed by atoms with Crippen LogP contribution in [0.15, 0.2) is 17.5 Å². The molecule has 0 bridgehead atoms. The normalized spacial score (nSPS) is 14.4. The van der Waals surface area contributed by atoms with Crippen molar-refractivity contribution >= 4 is 23.2 Å². The molecule has 7 heteroatoms. The minimum absolute atomic E-state index is 0.193. The van der Waals surface area contributed by atoms with Gasteiger partial charge in [-0.25, -0.2) is 0 Å². The summed E-state index contributed by atoms with van der Waals surface area (Å²) in [5.74, 6) is 0.791. The van der Waals surface area contributed by atoms with E-state index >= 15 is 0 Å². The minimum Gasteiger partial charge on any atom is -0.467 e. The second-order valence-corrected chi connectivity index (χ2v) is 5.45. The first-order valence-electron chi connectivity index (χ1n) is 6.11. The lowest BCUT2D eigenvalue weighted by Gasteiger charge is -2.21. The van der Waals surface area contributed by atoms with Gasteiger partial charge in [0.25, 0.3) is 0 Å². The van der Waals surface area contributed by atoms with E-state index in [1.807, 2.05) is 6.07 Å². The molecule has 0 amide bonds. The zero-order valence-electron chi connectivity index (χ0n) is 10.6. The molecule has 0 unspecified atom stereocenters. The molecule has 100 valence electrons. The predicted octanol–water partition coefficient (Wildman–Crippen LogP) is 1.69. The number of nitrogens with zero attached hydrogens (tertiary/aromatic N) is 4. The molecule has 19 heavy (non-hydrogen) atoms. The highest BCUT2D eigenvalue weighted by Gasteiger charge is 2.31. The Morgan fingerprint density at radius 1 is 1.42 bits per heavy atom. The molecule has 1 aliphatic carbocycles. The van der Waals surface area contributed by atoms with Gasteiger partial charge in [0.1, 0.15) is 0 Å². The predicted molar refractivity (Wildman–Crippen MR) is 74.3 cm³/mol. The fourth-order valence-corrected chi connectivity index (χ4v) is 2.60. The van der Waals surface area contributed by atoms with E-state index in [1.54, 1.807) is 11.3 Å². The topological polar surface area (TPSA) is 77.2 Å². The molecule has 0 saturated heterocycles. The maximum atomic E-state index is 5.70. The fourth-order valence-electron chi connectivity index (χ4n) is 1.90. The van der Waals surface area contributed by atoms with Crippen LogP contribution in [0.5, 0.6) is 6.01 Å². The van der Waals surface area contributed by atoms with Crippen molar-refractivity contribution in [1.82, 2.24) is 15.0 Å². The number of hydrogen-bond donors (Lipinski definition) is 1. The Morgan fingerprint density at radius 3 is 2.89 bits per heavy atom. The average Bonchev–Trinajstić information content (AvgIpc) is 3.12. The second-order valence-electron chi connectivity index (χ2n) is 4.42. The molecule has 6 nitrogen and oxygen atoms in total. The Morgan fingerprint density at radius 2 is 2.26 bits per heavy atom. The number of aromatic nitrogens is 3. The SMILES string of the molecule is COc1nc(N)nc(N(Cc2cccs2)C2CC2)n1. The highest BCUT2D eigenvalue weighted by molar-refractivity contribution is 7.09. The highest BCUT2D eigenvalue weighted by Crippen LogP contribution is 2.32. The first-order valence-corrected chi connectivity index (χ1v) is 6.99. The summed E-state index contributed by atoms with van der Waals surface area (Å²) in [6.45, 7) is 0.801. The molecule has 2 N–H and O–H groups in total. The third-order valence-electron chi connectivity index (χ3n) is 2.95. The van der Waals surface area contributed by atoms with E-state index in [0.29, 0.717) is 12.0 Å². The van der Waals surface area contributed by atoms with Crippen molar-refractivity contribution < 1.29 is 4.74 Å². The van der Waals surface area contributed by atoms with Crippen LogP contribution in [0.2, 0.25) is 0 Å². The molecular weight excluding hydrogens is 262 g/mol. The summed E-state index contributed by atoms with van der Waals surface area (Å²) in [6, 6.07) is 4.92. The largest absolute Gasteiger partial charge is 0.467 e. The number of rotatable bonds is 5. The maximum Gasteiger partial charge on any atom is 0.322 e. The van der Waals surface area contributed by atoms with E-state index in [0.717, 1.165) is 6.54 Å². The molecule has 0 atom stereocenters. The van der Waals surface area contributed by atoms with Crippen LogP contribution in [0.4, 0.5) is 11.9 Å². The van der Waals surface area contributed by atoms with E-state index in [2.05, 4.69) is 31.3 Å². The van der Waals surface area contributed by atoms with Gasteiger partial charge in [0.05, 0.1) is 13.7 Å². The summed E-state index contributed by atoms with van der Waals surface area (Å²) >= 11 is 1.73. The zero-order chi connectivity index (χ0) is 13.2. The summed E-state index contributed by atoms with van der Waals surface area (Å²) in [5, 5.41) is 2.07. The lowest BCUT2D eigenvalue weighted by molar-refractivity contribution is 0.378. The Hall–Kier alpha value is -1.89. The van der Waals surface area contributed by atoms with Crippen molar-refractivity contribution in [2.45, 2.75) is 25.4 Å². The standard InChI is InChI=1S/C12H15N5OS/c1-18-12-15-10(13)14-11(16-12)17(8-4-5-8)7-9-3-2-6-19-9/h2-3,6,8H,4-5,7H2,1H3,(H2,13,14,15,16). The lowest BCUT2D eigenvalue weighted by Crippen LogP contribution is -2.27. The van der Waals surface area contributed by atoms with Crippen LogP contribution in [0.1, 0.15) is 17.7 Å². The lowest BCUT2D eigenvalue weighted by atomic mass is 10.4. The van der Waals surface area contributed by atoms with Crippen LogP contribution < -0.4 is 15.4 Å². The van der Waals surface area contributed by atoms with Gasteiger partial charge in [-0.3, -0.25) is 0 Å². The number of ether oxygens (including phenoxy) is 1. The minimum atomic E-state index is 0.193. The van der Waals surface area contributed by atoms with Crippen LogP contribution in [-0.2, 0) is 6.54 Å². The van der Waals surface area contributed by atoms with Crippen molar-refractivity contribution in [3.05, 3.63) is 22.4 Å². The van der Waals surface area contributed by atoms with E-state index in [-0.39, 0.29) is 12.0 Å². The number of anilines is 2. The number of nitrogens with two attached hydrogens (primary N) is 1. The molecule has 0 aliphatic heterocycles. The first kappa shape index (κ1) is 12.2. The van der Waals surface area contributed by atoms with Crippen molar-refractivity contribution in [2.75, 3.05) is 17.7 Å². The molecular formula is C12H15N5OS. The van der Waals surface area contributed by atoms with Gasteiger partial charge in [-0.15, -0.1) is 11.3 Å². The van der Waals surface area contributed by atoms with E-state index in [9.17, 15) is 0 Å². The Labute approximate surface area is 115 Å². The van der Waals surface area contributed by atoms with E-state index in [4.69, 9.17) is 10.5 Å². The Bertz CT molecular complexity index is 555. The number of hydrogen-bond acceptors (Lipinski definition) is 7. The summed E-state index contributed by atoms with van der Waals surface area (Å²) < 4.78 is 5.05. The molecule has 0 aromatic carbocycles. The highest BCUT2D eigenvalue weighted by atomic mass is 32.1. The third-order valence-corrected chi connectivity index (χ3v) is 3.81. The zero-order valence-corrected chi connectivity index (χ0v) is 11.4. The van der Waals surface area contributed by atoms with Crippen LogP contribution in [-0.4, -0.2) is 28.1 Å².